The Bertz CT molecular complexity index is 452. The summed E-state index contributed by atoms with van der Waals surface area (Å²) in [4.78, 5) is 11.3. The minimum atomic E-state index is -0.421. The summed E-state index contributed by atoms with van der Waals surface area (Å²) < 4.78 is 5.12. The van der Waals surface area contributed by atoms with Crippen molar-refractivity contribution in [3.05, 3.63) is 60.2 Å². The van der Waals surface area contributed by atoms with Crippen molar-refractivity contribution in [2.45, 2.75) is 39.2 Å². The number of carbonyl (C=O) groups excluding carboxylic acids is 1. The van der Waals surface area contributed by atoms with E-state index in [1.54, 1.807) is 0 Å². The Morgan fingerprint density at radius 2 is 1.86 bits per heavy atom. The molecular formula is C18H25FeNO2. The third-order valence-electron chi connectivity index (χ3n) is 2.60. The standard InChI is InChI=1S/C13H20NO2.C5H5.Fe/c1-13(2,3)16-12(15)14-10-6-9-11-7-4-5-8-11;1-2-4-5-3-1;/h4-5,7-8H,6,9-10H2,1-3H3,(H,14,15);1-5H;/q2*-1;+2. The van der Waals surface area contributed by atoms with Crippen LogP contribution in [0.3, 0.4) is 0 Å². The van der Waals surface area contributed by atoms with Crippen LogP contribution in [0, 0.1) is 0 Å². The second-order valence-corrected chi connectivity index (χ2v) is 5.79. The van der Waals surface area contributed by atoms with Crippen molar-refractivity contribution in [1.29, 1.82) is 0 Å². The molecule has 3 nitrogen and oxygen atoms in total. The molecule has 0 radical (unpaired) electrons. The number of hydrogen-bond acceptors (Lipinski definition) is 2. The van der Waals surface area contributed by atoms with Gasteiger partial charge in [0, 0.05) is 6.54 Å². The molecule has 0 saturated heterocycles. The Balaban J connectivity index is 0.000000622. The average Bonchev–Trinajstić information content (AvgIpc) is 3.08. The third-order valence-corrected chi connectivity index (χ3v) is 2.60. The fourth-order valence-electron chi connectivity index (χ4n) is 1.70. The number of rotatable bonds is 4. The first-order valence-electron chi connectivity index (χ1n) is 7.31. The zero-order valence-electron chi connectivity index (χ0n) is 13.5. The maximum Gasteiger partial charge on any atom is 2.00 e. The van der Waals surface area contributed by atoms with Crippen molar-refractivity contribution in [1.82, 2.24) is 5.32 Å². The molecule has 22 heavy (non-hydrogen) atoms. The number of hydrogen-bond donors (Lipinski definition) is 1. The third kappa shape index (κ3) is 11.2. The van der Waals surface area contributed by atoms with E-state index >= 15 is 0 Å². The van der Waals surface area contributed by atoms with E-state index in [-0.39, 0.29) is 23.2 Å². The van der Waals surface area contributed by atoms with Gasteiger partial charge in [0.15, 0.2) is 0 Å². The number of ether oxygens (including phenoxy) is 1. The maximum atomic E-state index is 11.3. The molecule has 0 saturated carbocycles. The van der Waals surface area contributed by atoms with Crippen LogP contribution in [0.5, 0.6) is 0 Å². The average molecular weight is 343 g/mol. The van der Waals surface area contributed by atoms with Gasteiger partial charge in [0.2, 0.25) is 0 Å². The molecule has 0 fully saturated rings. The summed E-state index contributed by atoms with van der Waals surface area (Å²) in [5.41, 5.74) is 0.890. The molecule has 0 heterocycles. The first kappa shape index (κ1) is 20.5. The van der Waals surface area contributed by atoms with Crippen molar-refractivity contribution in [2.75, 3.05) is 6.54 Å². The maximum absolute atomic E-state index is 11.3. The van der Waals surface area contributed by atoms with Gasteiger partial charge in [-0.3, -0.25) is 0 Å². The Kier molecular flexibility index (Phi) is 10.3. The monoisotopic (exact) mass is 343 g/mol. The van der Waals surface area contributed by atoms with Gasteiger partial charge in [-0.15, -0.1) is 0 Å². The Labute approximate surface area is 144 Å². The van der Waals surface area contributed by atoms with Crippen molar-refractivity contribution in [3.8, 4) is 0 Å². The summed E-state index contributed by atoms with van der Waals surface area (Å²) in [5, 5.41) is 2.74. The quantitative estimate of drug-likeness (QED) is 0.512. The number of alkyl carbamates (subject to hydrolysis) is 1. The predicted octanol–water partition coefficient (Wildman–Crippen LogP) is 4.27. The topological polar surface area (TPSA) is 38.3 Å². The Morgan fingerprint density at radius 3 is 2.32 bits per heavy atom. The minimum Gasteiger partial charge on any atom is -0.444 e. The van der Waals surface area contributed by atoms with E-state index < -0.39 is 5.60 Å². The van der Waals surface area contributed by atoms with E-state index in [0.717, 1.165) is 12.8 Å². The van der Waals surface area contributed by atoms with Crippen LogP contribution in [0.25, 0.3) is 0 Å². The molecular weight excluding hydrogens is 318 g/mol. The second kappa shape index (κ2) is 11.1. The first-order valence-corrected chi connectivity index (χ1v) is 7.31. The van der Waals surface area contributed by atoms with Crippen LogP contribution in [0.2, 0.25) is 0 Å². The molecule has 2 rings (SSSR count). The summed E-state index contributed by atoms with van der Waals surface area (Å²) in [6.45, 7) is 6.23. The predicted molar refractivity (Wildman–Crippen MR) is 86.6 cm³/mol. The zero-order chi connectivity index (χ0) is 15.6. The van der Waals surface area contributed by atoms with Gasteiger partial charge in [-0.1, -0.05) is 0 Å². The molecule has 0 aromatic heterocycles. The molecule has 2 aromatic carbocycles. The van der Waals surface area contributed by atoms with Crippen molar-refractivity contribution in [3.63, 3.8) is 0 Å². The van der Waals surface area contributed by atoms with Crippen molar-refractivity contribution in [2.24, 2.45) is 0 Å². The van der Waals surface area contributed by atoms with Gasteiger partial charge in [0.25, 0.3) is 0 Å². The zero-order valence-corrected chi connectivity index (χ0v) is 14.6. The molecule has 0 atom stereocenters. The summed E-state index contributed by atoms with van der Waals surface area (Å²) in [6.07, 6.45) is 1.58. The van der Waals surface area contributed by atoms with E-state index in [9.17, 15) is 4.79 Å². The summed E-state index contributed by atoms with van der Waals surface area (Å²) >= 11 is 0. The molecule has 0 aliphatic heterocycles. The van der Waals surface area contributed by atoms with Crippen LogP contribution >= 0.6 is 0 Å². The van der Waals surface area contributed by atoms with Crippen molar-refractivity contribution >= 4 is 6.09 Å². The number of nitrogens with one attached hydrogen (secondary N) is 1. The molecule has 4 heteroatoms. The Hall–Kier alpha value is -1.51. The summed E-state index contributed by atoms with van der Waals surface area (Å²) in [7, 11) is 0. The van der Waals surface area contributed by atoms with E-state index in [0.29, 0.717) is 6.54 Å². The molecule has 1 amide bonds. The van der Waals surface area contributed by atoms with Crippen LogP contribution < -0.4 is 5.32 Å². The molecule has 122 valence electrons. The van der Waals surface area contributed by atoms with E-state index in [2.05, 4.69) is 17.4 Å². The number of aryl methyl sites for hydroxylation is 1. The largest absolute Gasteiger partial charge is 2.00 e. The second-order valence-electron chi connectivity index (χ2n) is 5.79. The summed E-state index contributed by atoms with van der Waals surface area (Å²) in [5.74, 6) is 0. The molecule has 0 aliphatic carbocycles. The van der Waals surface area contributed by atoms with Gasteiger partial charge < -0.3 is 10.1 Å². The van der Waals surface area contributed by atoms with E-state index in [1.165, 1.54) is 5.56 Å². The van der Waals surface area contributed by atoms with Crippen molar-refractivity contribution < 1.29 is 26.6 Å². The van der Waals surface area contributed by atoms with Crippen LogP contribution in [0.1, 0.15) is 32.8 Å². The molecule has 0 aliphatic rings. The molecule has 1 N–H and O–H groups in total. The van der Waals surface area contributed by atoms with Crippen LogP contribution in [-0.4, -0.2) is 18.2 Å². The fourth-order valence-corrected chi connectivity index (χ4v) is 1.70. The normalized spacial score (nSPS) is 9.95. The van der Waals surface area contributed by atoms with Crippen LogP contribution in [-0.2, 0) is 28.2 Å². The fraction of sp³-hybridized carbons (Fsp3) is 0.389. The number of amides is 1. The van der Waals surface area contributed by atoms with Gasteiger partial charge >= 0.3 is 23.2 Å². The molecule has 0 unspecified atom stereocenters. The molecule has 2 aromatic rings. The first-order chi connectivity index (χ1) is 9.97. The van der Waals surface area contributed by atoms with Crippen LogP contribution in [0.15, 0.2) is 54.6 Å². The Morgan fingerprint density at radius 1 is 1.18 bits per heavy atom. The van der Waals surface area contributed by atoms with Gasteiger partial charge in [0.05, 0.1) is 0 Å². The van der Waals surface area contributed by atoms with E-state index in [1.807, 2.05) is 63.2 Å². The number of carbonyl (C=O) groups is 1. The smallest absolute Gasteiger partial charge is 0.444 e. The van der Waals surface area contributed by atoms with Gasteiger partial charge in [-0.05, 0) is 33.6 Å². The van der Waals surface area contributed by atoms with Gasteiger partial charge in [-0.25, -0.2) is 29.1 Å². The molecule has 0 bridgehead atoms. The van der Waals surface area contributed by atoms with Gasteiger partial charge in [0.1, 0.15) is 5.60 Å². The molecule has 0 spiro atoms. The van der Waals surface area contributed by atoms with Crippen LogP contribution in [0.4, 0.5) is 4.79 Å². The van der Waals surface area contributed by atoms with E-state index in [4.69, 9.17) is 4.74 Å². The SMILES string of the molecule is CC(C)(C)OC(=O)NCCCc1ccc[cH-]1.[Fe+2].c1cc[cH-]c1. The van der Waals surface area contributed by atoms with Gasteiger partial charge in [-0.2, -0.15) is 35.9 Å². The summed E-state index contributed by atoms with van der Waals surface area (Å²) in [6, 6.07) is 18.2. The minimum absolute atomic E-state index is 0.